The summed E-state index contributed by atoms with van der Waals surface area (Å²) < 4.78 is 27.2. The molecule has 156 valence electrons. The van der Waals surface area contributed by atoms with E-state index in [1.807, 2.05) is 0 Å². The first-order valence-electron chi connectivity index (χ1n) is 8.67. The summed E-state index contributed by atoms with van der Waals surface area (Å²) in [4.78, 5) is 24.1. The topological polar surface area (TPSA) is 113 Å². The summed E-state index contributed by atoms with van der Waals surface area (Å²) in [5.41, 5.74) is 1.75. The molecule has 3 aromatic rings. The summed E-state index contributed by atoms with van der Waals surface area (Å²) in [6.45, 7) is 1.78. The number of sulfonamides is 1. The van der Waals surface area contributed by atoms with Gasteiger partial charge in [-0.25, -0.2) is 13.2 Å². The average Bonchev–Trinajstić information content (AvgIpc) is 3.25. The molecule has 1 amide bonds. The molecule has 1 heterocycles. The van der Waals surface area contributed by atoms with Crippen molar-refractivity contribution >= 4 is 56.4 Å². The molecule has 0 aliphatic carbocycles. The van der Waals surface area contributed by atoms with Gasteiger partial charge in [-0.2, -0.15) is 0 Å². The molecule has 0 saturated heterocycles. The van der Waals surface area contributed by atoms with Crippen molar-refractivity contribution in [2.24, 2.45) is 0 Å². The fraction of sp³-hybridized carbons (Fsp3) is 0.100. The summed E-state index contributed by atoms with van der Waals surface area (Å²) in [6, 6.07) is 14.5. The molecule has 30 heavy (non-hydrogen) atoms. The molecule has 10 heteroatoms. The van der Waals surface area contributed by atoms with E-state index in [2.05, 4.69) is 10.0 Å². The molecule has 3 N–H and O–H groups in total. The Kier molecular flexibility index (Phi) is 6.80. The summed E-state index contributed by atoms with van der Waals surface area (Å²) in [6.07, 6.45) is 0. The highest BCUT2D eigenvalue weighted by atomic mass is 32.2. The number of hydrogen-bond acceptors (Lipinski definition) is 6. The standard InChI is InChI=1S/C20H18N2O5S3/c1-13-4-5-14(20(24)25)11-17(13)21-18(23)12-29-16-8-6-15(7-9-16)22-30(26,27)19-3-2-10-28-19/h2-11,22H,12H2,1H3,(H,21,23)(H,24,25). The number of rotatable bonds is 8. The lowest BCUT2D eigenvalue weighted by Crippen LogP contribution is -2.15. The minimum absolute atomic E-state index is 0.101. The van der Waals surface area contributed by atoms with Gasteiger partial charge in [0.1, 0.15) is 4.21 Å². The fourth-order valence-electron chi connectivity index (χ4n) is 2.47. The van der Waals surface area contributed by atoms with E-state index in [0.717, 1.165) is 21.8 Å². The Morgan fingerprint density at radius 2 is 1.83 bits per heavy atom. The van der Waals surface area contributed by atoms with Gasteiger partial charge in [0, 0.05) is 16.3 Å². The molecule has 7 nitrogen and oxygen atoms in total. The Morgan fingerprint density at radius 3 is 2.47 bits per heavy atom. The zero-order valence-corrected chi connectivity index (χ0v) is 18.2. The van der Waals surface area contributed by atoms with E-state index in [0.29, 0.717) is 11.4 Å². The van der Waals surface area contributed by atoms with Gasteiger partial charge in [0.2, 0.25) is 5.91 Å². The maximum atomic E-state index is 12.2. The van der Waals surface area contributed by atoms with E-state index in [9.17, 15) is 18.0 Å². The number of benzene rings is 2. The second-order valence-electron chi connectivity index (χ2n) is 6.23. The molecule has 0 bridgehead atoms. The van der Waals surface area contributed by atoms with Crippen molar-refractivity contribution in [2.75, 3.05) is 15.8 Å². The van der Waals surface area contributed by atoms with Gasteiger partial charge in [-0.15, -0.1) is 23.1 Å². The third-order valence-electron chi connectivity index (χ3n) is 4.00. The number of anilines is 2. The van der Waals surface area contributed by atoms with E-state index >= 15 is 0 Å². The van der Waals surface area contributed by atoms with E-state index < -0.39 is 16.0 Å². The first-order valence-corrected chi connectivity index (χ1v) is 12.0. The highest BCUT2D eigenvalue weighted by Crippen LogP contribution is 2.24. The quantitative estimate of drug-likeness (QED) is 0.431. The maximum Gasteiger partial charge on any atom is 0.335 e. The molecule has 0 atom stereocenters. The third kappa shape index (κ3) is 5.62. The van der Waals surface area contributed by atoms with Crippen LogP contribution in [0.25, 0.3) is 0 Å². The van der Waals surface area contributed by atoms with E-state index in [1.54, 1.807) is 48.7 Å². The van der Waals surface area contributed by atoms with Gasteiger partial charge >= 0.3 is 5.97 Å². The van der Waals surface area contributed by atoms with Gasteiger partial charge in [-0.1, -0.05) is 12.1 Å². The lowest BCUT2D eigenvalue weighted by molar-refractivity contribution is -0.113. The summed E-state index contributed by atoms with van der Waals surface area (Å²) in [7, 11) is -3.60. The molecule has 0 aliphatic heterocycles. The zero-order chi connectivity index (χ0) is 21.7. The first kappa shape index (κ1) is 21.9. The van der Waals surface area contributed by atoms with Crippen molar-refractivity contribution < 1.29 is 23.1 Å². The number of carbonyl (C=O) groups is 2. The fourth-order valence-corrected chi connectivity index (χ4v) is 5.22. The zero-order valence-electron chi connectivity index (χ0n) is 15.8. The van der Waals surface area contributed by atoms with Crippen LogP contribution in [0.2, 0.25) is 0 Å². The average molecular weight is 463 g/mol. The van der Waals surface area contributed by atoms with Crippen molar-refractivity contribution in [1.82, 2.24) is 0 Å². The number of carbonyl (C=O) groups excluding carboxylic acids is 1. The highest BCUT2D eigenvalue weighted by Gasteiger charge is 2.15. The van der Waals surface area contributed by atoms with E-state index in [-0.39, 0.29) is 21.4 Å². The normalized spacial score (nSPS) is 11.1. The molecule has 2 aromatic carbocycles. The summed E-state index contributed by atoms with van der Waals surface area (Å²) in [5.74, 6) is -1.21. The molecule has 0 fully saturated rings. The van der Waals surface area contributed by atoms with Crippen LogP contribution in [-0.2, 0) is 14.8 Å². The lowest BCUT2D eigenvalue weighted by Gasteiger charge is -2.10. The third-order valence-corrected chi connectivity index (χ3v) is 7.79. The molecule has 0 spiro atoms. The number of carboxylic acid groups (broad SMARTS) is 1. The number of aromatic carboxylic acids is 1. The van der Waals surface area contributed by atoms with Gasteiger partial charge in [-0.05, 0) is 60.3 Å². The van der Waals surface area contributed by atoms with Crippen LogP contribution < -0.4 is 10.0 Å². The number of hydrogen-bond donors (Lipinski definition) is 3. The first-order chi connectivity index (χ1) is 14.2. The number of nitrogens with one attached hydrogen (secondary N) is 2. The lowest BCUT2D eigenvalue weighted by atomic mass is 10.1. The molecule has 0 radical (unpaired) electrons. The smallest absolute Gasteiger partial charge is 0.335 e. The summed E-state index contributed by atoms with van der Waals surface area (Å²) in [5, 5.41) is 13.5. The predicted octanol–water partition coefficient (Wildman–Crippen LogP) is 4.29. The Balaban J connectivity index is 1.57. The maximum absolute atomic E-state index is 12.2. The minimum Gasteiger partial charge on any atom is -0.478 e. The van der Waals surface area contributed by atoms with Crippen molar-refractivity contribution in [3.05, 3.63) is 71.1 Å². The van der Waals surface area contributed by atoms with Gasteiger partial charge in [0.15, 0.2) is 0 Å². The van der Waals surface area contributed by atoms with E-state index in [1.165, 1.54) is 30.0 Å². The largest absolute Gasteiger partial charge is 0.478 e. The SMILES string of the molecule is Cc1ccc(C(=O)O)cc1NC(=O)CSc1ccc(NS(=O)(=O)c2cccs2)cc1. The van der Waals surface area contributed by atoms with Crippen LogP contribution in [0.15, 0.2) is 69.1 Å². The molecule has 0 unspecified atom stereocenters. The Hall–Kier alpha value is -2.82. The van der Waals surface area contributed by atoms with Gasteiger partial charge in [-0.3, -0.25) is 9.52 Å². The van der Waals surface area contributed by atoms with Crippen LogP contribution >= 0.6 is 23.1 Å². The van der Waals surface area contributed by atoms with Crippen molar-refractivity contribution in [3.8, 4) is 0 Å². The molecule has 0 saturated carbocycles. The van der Waals surface area contributed by atoms with Crippen LogP contribution in [-0.4, -0.2) is 31.2 Å². The van der Waals surface area contributed by atoms with Crippen LogP contribution in [0.3, 0.4) is 0 Å². The monoisotopic (exact) mass is 462 g/mol. The van der Waals surface area contributed by atoms with Crippen LogP contribution in [0.1, 0.15) is 15.9 Å². The molecular weight excluding hydrogens is 444 g/mol. The summed E-state index contributed by atoms with van der Waals surface area (Å²) >= 11 is 2.42. The van der Waals surface area contributed by atoms with Crippen molar-refractivity contribution in [2.45, 2.75) is 16.0 Å². The highest BCUT2D eigenvalue weighted by molar-refractivity contribution is 8.00. The second kappa shape index (κ2) is 9.33. The Morgan fingerprint density at radius 1 is 1.10 bits per heavy atom. The second-order valence-corrected chi connectivity index (χ2v) is 10.1. The number of amides is 1. The molecule has 0 aliphatic rings. The van der Waals surface area contributed by atoms with Crippen LogP contribution in [0.4, 0.5) is 11.4 Å². The molecule has 1 aromatic heterocycles. The van der Waals surface area contributed by atoms with Gasteiger partial charge < -0.3 is 10.4 Å². The van der Waals surface area contributed by atoms with Gasteiger partial charge in [0.05, 0.1) is 11.3 Å². The molecule has 3 rings (SSSR count). The number of thioether (sulfide) groups is 1. The predicted molar refractivity (Wildman–Crippen MR) is 119 cm³/mol. The van der Waals surface area contributed by atoms with E-state index in [4.69, 9.17) is 5.11 Å². The van der Waals surface area contributed by atoms with Gasteiger partial charge in [0.25, 0.3) is 10.0 Å². The number of aryl methyl sites for hydroxylation is 1. The minimum atomic E-state index is -3.60. The van der Waals surface area contributed by atoms with Crippen molar-refractivity contribution in [3.63, 3.8) is 0 Å². The Labute approximate surface area is 182 Å². The van der Waals surface area contributed by atoms with Crippen molar-refractivity contribution in [1.29, 1.82) is 0 Å². The number of carboxylic acids is 1. The Bertz CT molecular complexity index is 1160. The van der Waals surface area contributed by atoms with Crippen LogP contribution in [0.5, 0.6) is 0 Å². The number of thiophene rings is 1. The van der Waals surface area contributed by atoms with Crippen LogP contribution in [0, 0.1) is 6.92 Å². The molecular formula is C20H18N2O5S3.